The highest BCUT2D eigenvalue weighted by Crippen LogP contribution is 2.43. The van der Waals surface area contributed by atoms with E-state index in [1.807, 2.05) is 0 Å². The SMILES string of the molecule is CCC[C@H]1CC[C@H]([C@H]2CC[C@H](CCc3ccc(-c4ccc(CCl)cc4)cc3)CC2)CC1. The Labute approximate surface area is 195 Å². The second-order valence-electron chi connectivity index (χ2n) is 10.4. The van der Waals surface area contributed by atoms with Crippen LogP contribution >= 0.6 is 11.6 Å². The number of hydrogen-bond acceptors (Lipinski definition) is 0. The summed E-state index contributed by atoms with van der Waals surface area (Å²) in [6.45, 7) is 2.35. The van der Waals surface area contributed by atoms with Crippen LogP contribution in [0.15, 0.2) is 48.5 Å². The molecule has 2 fully saturated rings. The van der Waals surface area contributed by atoms with Gasteiger partial charge in [-0.1, -0.05) is 94.0 Å². The number of alkyl halides is 1. The first kappa shape index (κ1) is 22.9. The molecule has 4 rings (SSSR count). The lowest BCUT2D eigenvalue weighted by molar-refractivity contribution is 0.141. The van der Waals surface area contributed by atoms with E-state index in [9.17, 15) is 0 Å². The van der Waals surface area contributed by atoms with Gasteiger partial charge in [-0.3, -0.25) is 0 Å². The third-order valence-corrected chi connectivity index (χ3v) is 8.69. The van der Waals surface area contributed by atoms with Crippen LogP contribution < -0.4 is 0 Å². The standard InChI is InChI=1S/C30H41Cl/c1-2-3-23-6-14-27(15-7-23)28-16-8-24(9-17-28)4-5-25-10-18-29(19-11-25)30-20-12-26(22-31)13-21-30/h10-13,18-21,23-24,27-28H,2-9,14-17,22H2,1H3/t23-,24-,27-,28-. The second-order valence-corrected chi connectivity index (χ2v) is 10.7. The quantitative estimate of drug-likeness (QED) is 0.361. The highest BCUT2D eigenvalue weighted by molar-refractivity contribution is 6.17. The molecule has 0 heterocycles. The fourth-order valence-corrected chi connectivity index (χ4v) is 6.50. The highest BCUT2D eigenvalue weighted by atomic mass is 35.5. The van der Waals surface area contributed by atoms with Crippen LogP contribution in [-0.4, -0.2) is 0 Å². The minimum atomic E-state index is 0.585. The summed E-state index contributed by atoms with van der Waals surface area (Å²) in [7, 11) is 0. The number of halogens is 1. The van der Waals surface area contributed by atoms with E-state index in [2.05, 4.69) is 55.5 Å². The molecule has 1 heteroatoms. The maximum absolute atomic E-state index is 5.91. The number of rotatable bonds is 8. The fraction of sp³-hybridized carbons (Fsp3) is 0.600. The fourth-order valence-electron chi connectivity index (χ4n) is 6.33. The van der Waals surface area contributed by atoms with Crippen molar-refractivity contribution in [2.24, 2.45) is 23.7 Å². The number of aryl methyl sites for hydroxylation is 1. The summed E-state index contributed by atoms with van der Waals surface area (Å²) >= 11 is 5.91. The summed E-state index contributed by atoms with van der Waals surface area (Å²) in [6.07, 6.45) is 17.5. The van der Waals surface area contributed by atoms with Crippen molar-refractivity contribution in [3.05, 3.63) is 59.7 Å². The summed E-state index contributed by atoms with van der Waals surface area (Å²) in [5.41, 5.74) is 5.26. The first-order valence-electron chi connectivity index (χ1n) is 13.0. The van der Waals surface area contributed by atoms with Crippen LogP contribution in [0.3, 0.4) is 0 Å². The van der Waals surface area contributed by atoms with Crippen molar-refractivity contribution in [1.29, 1.82) is 0 Å². The molecule has 0 unspecified atom stereocenters. The molecule has 0 aliphatic heterocycles. The molecule has 168 valence electrons. The maximum atomic E-state index is 5.91. The Morgan fingerprint density at radius 1 is 0.613 bits per heavy atom. The zero-order valence-electron chi connectivity index (χ0n) is 19.5. The molecule has 2 aromatic carbocycles. The molecule has 2 saturated carbocycles. The monoisotopic (exact) mass is 436 g/mol. The average molecular weight is 437 g/mol. The maximum Gasteiger partial charge on any atom is 0.0474 e. The lowest BCUT2D eigenvalue weighted by Gasteiger charge is -2.38. The lowest BCUT2D eigenvalue weighted by atomic mass is 9.68. The van der Waals surface area contributed by atoms with Gasteiger partial charge in [-0.05, 0) is 84.5 Å². The zero-order valence-corrected chi connectivity index (χ0v) is 20.3. The number of hydrogen-bond donors (Lipinski definition) is 0. The predicted molar refractivity (Wildman–Crippen MR) is 136 cm³/mol. The van der Waals surface area contributed by atoms with E-state index in [1.165, 1.54) is 99.3 Å². The summed E-state index contributed by atoms with van der Waals surface area (Å²) < 4.78 is 0. The lowest BCUT2D eigenvalue weighted by Crippen LogP contribution is -2.26. The van der Waals surface area contributed by atoms with E-state index in [-0.39, 0.29) is 0 Å². The molecule has 0 radical (unpaired) electrons. The van der Waals surface area contributed by atoms with E-state index in [0.717, 1.165) is 23.7 Å². The highest BCUT2D eigenvalue weighted by Gasteiger charge is 2.30. The molecule has 2 aliphatic rings. The van der Waals surface area contributed by atoms with Crippen molar-refractivity contribution >= 4 is 11.6 Å². The van der Waals surface area contributed by atoms with Gasteiger partial charge in [0.15, 0.2) is 0 Å². The first-order valence-corrected chi connectivity index (χ1v) is 13.5. The molecule has 0 nitrogen and oxygen atoms in total. The van der Waals surface area contributed by atoms with Crippen LogP contribution in [0, 0.1) is 23.7 Å². The van der Waals surface area contributed by atoms with Gasteiger partial charge in [0.2, 0.25) is 0 Å². The van der Waals surface area contributed by atoms with Gasteiger partial charge in [-0.15, -0.1) is 11.6 Å². The molecule has 2 aromatic rings. The summed E-state index contributed by atoms with van der Waals surface area (Å²) in [6, 6.07) is 17.9. The van der Waals surface area contributed by atoms with Crippen LogP contribution in [0.25, 0.3) is 11.1 Å². The van der Waals surface area contributed by atoms with Gasteiger partial charge in [0.05, 0.1) is 0 Å². The topological polar surface area (TPSA) is 0 Å². The van der Waals surface area contributed by atoms with Crippen LogP contribution in [-0.2, 0) is 12.3 Å². The molecule has 2 aliphatic carbocycles. The van der Waals surface area contributed by atoms with Gasteiger partial charge in [0.1, 0.15) is 0 Å². The third-order valence-electron chi connectivity index (χ3n) is 8.38. The molecule has 0 atom stereocenters. The Kier molecular flexibility index (Phi) is 8.54. The van der Waals surface area contributed by atoms with E-state index in [0.29, 0.717) is 5.88 Å². The summed E-state index contributed by atoms with van der Waals surface area (Å²) in [5.74, 6) is 4.69. The van der Waals surface area contributed by atoms with Gasteiger partial charge in [-0.2, -0.15) is 0 Å². The van der Waals surface area contributed by atoms with Crippen molar-refractivity contribution in [3.8, 4) is 11.1 Å². The molecule has 0 amide bonds. The molecule has 0 saturated heterocycles. The van der Waals surface area contributed by atoms with E-state index in [1.54, 1.807) is 0 Å². The van der Waals surface area contributed by atoms with Gasteiger partial charge in [-0.25, -0.2) is 0 Å². The second kappa shape index (κ2) is 11.6. The van der Waals surface area contributed by atoms with Gasteiger partial charge >= 0.3 is 0 Å². The van der Waals surface area contributed by atoms with Crippen molar-refractivity contribution in [2.45, 2.75) is 89.9 Å². The van der Waals surface area contributed by atoms with Crippen LogP contribution in [0.5, 0.6) is 0 Å². The van der Waals surface area contributed by atoms with Crippen LogP contribution in [0.2, 0.25) is 0 Å². The minimum absolute atomic E-state index is 0.585. The Hall–Kier alpha value is -1.27. The normalized spacial score (nSPS) is 26.6. The largest absolute Gasteiger partial charge is 0.122 e. The molecule has 0 spiro atoms. The summed E-state index contributed by atoms with van der Waals surface area (Å²) in [5, 5.41) is 0. The molecule has 0 bridgehead atoms. The summed E-state index contributed by atoms with van der Waals surface area (Å²) in [4.78, 5) is 0. The Morgan fingerprint density at radius 2 is 1.06 bits per heavy atom. The van der Waals surface area contributed by atoms with Gasteiger partial charge in [0.25, 0.3) is 0 Å². The smallest absolute Gasteiger partial charge is 0.0474 e. The third kappa shape index (κ3) is 6.38. The van der Waals surface area contributed by atoms with Crippen molar-refractivity contribution in [2.75, 3.05) is 0 Å². The van der Waals surface area contributed by atoms with Crippen molar-refractivity contribution in [3.63, 3.8) is 0 Å². The molecule has 31 heavy (non-hydrogen) atoms. The van der Waals surface area contributed by atoms with Crippen LogP contribution in [0.4, 0.5) is 0 Å². The molecule has 0 N–H and O–H groups in total. The van der Waals surface area contributed by atoms with Crippen LogP contribution in [0.1, 0.15) is 88.7 Å². The molecule has 0 aromatic heterocycles. The Balaban J connectivity index is 1.19. The molecular formula is C30H41Cl. The van der Waals surface area contributed by atoms with E-state index < -0.39 is 0 Å². The average Bonchev–Trinajstić information content (AvgIpc) is 2.84. The van der Waals surface area contributed by atoms with E-state index in [4.69, 9.17) is 11.6 Å². The van der Waals surface area contributed by atoms with E-state index >= 15 is 0 Å². The van der Waals surface area contributed by atoms with Crippen molar-refractivity contribution < 1.29 is 0 Å². The minimum Gasteiger partial charge on any atom is -0.122 e. The predicted octanol–water partition coefficient (Wildman–Crippen LogP) is 9.44. The van der Waals surface area contributed by atoms with Gasteiger partial charge < -0.3 is 0 Å². The Morgan fingerprint density at radius 3 is 1.52 bits per heavy atom. The van der Waals surface area contributed by atoms with Gasteiger partial charge in [0, 0.05) is 5.88 Å². The van der Waals surface area contributed by atoms with Crippen molar-refractivity contribution in [1.82, 2.24) is 0 Å². The number of benzene rings is 2. The zero-order chi connectivity index (χ0) is 21.5. The first-order chi connectivity index (χ1) is 15.2. The molecular weight excluding hydrogens is 396 g/mol. The Bertz CT molecular complexity index is 759.